The standard InChI is InChI=1S/C21H21ClN4O3S/c1-29-19-5-3-2-4-18(19)25-12-14-26(15-13-25)20-10-11-21(24-23-20)30(27,28)17-8-6-16(22)7-9-17/h2-11H,12-15H2,1H3. The number of sulfone groups is 1. The highest BCUT2D eigenvalue weighted by molar-refractivity contribution is 7.91. The highest BCUT2D eigenvalue weighted by Gasteiger charge is 2.23. The Morgan fingerprint density at radius 1 is 0.867 bits per heavy atom. The summed E-state index contributed by atoms with van der Waals surface area (Å²) in [5.74, 6) is 1.51. The van der Waals surface area contributed by atoms with Crippen LogP contribution in [0.25, 0.3) is 0 Å². The van der Waals surface area contributed by atoms with E-state index in [9.17, 15) is 8.42 Å². The fourth-order valence-corrected chi connectivity index (χ4v) is 4.68. The topological polar surface area (TPSA) is 75.6 Å². The fraction of sp³-hybridized carbons (Fsp3) is 0.238. The van der Waals surface area contributed by atoms with Crippen LogP contribution in [0.3, 0.4) is 0 Å². The Labute approximate surface area is 180 Å². The van der Waals surface area contributed by atoms with E-state index in [0.717, 1.165) is 37.6 Å². The van der Waals surface area contributed by atoms with Crippen LogP contribution in [0.4, 0.5) is 11.5 Å². The Morgan fingerprint density at radius 2 is 1.53 bits per heavy atom. The molecule has 0 amide bonds. The van der Waals surface area contributed by atoms with Gasteiger partial charge >= 0.3 is 0 Å². The minimum Gasteiger partial charge on any atom is -0.495 e. The lowest BCUT2D eigenvalue weighted by Crippen LogP contribution is -2.47. The van der Waals surface area contributed by atoms with E-state index < -0.39 is 9.84 Å². The third-order valence-electron chi connectivity index (χ3n) is 5.05. The lowest BCUT2D eigenvalue weighted by atomic mass is 10.2. The monoisotopic (exact) mass is 444 g/mol. The molecule has 1 fully saturated rings. The Balaban J connectivity index is 1.46. The first-order valence-electron chi connectivity index (χ1n) is 9.46. The van der Waals surface area contributed by atoms with Crippen molar-refractivity contribution in [2.45, 2.75) is 9.92 Å². The Hall–Kier alpha value is -2.84. The lowest BCUT2D eigenvalue weighted by Gasteiger charge is -2.37. The molecule has 1 saturated heterocycles. The molecule has 1 aromatic heterocycles. The summed E-state index contributed by atoms with van der Waals surface area (Å²) in [5.41, 5.74) is 1.06. The van der Waals surface area contributed by atoms with Gasteiger partial charge in [0.05, 0.1) is 17.7 Å². The van der Waals surface area contributed by atoms with Gasteiger partial charge in [0, 0.05) is 31.2 Å². The molecule has 0 saturated carbocycles. The predicted molar refractivity (Wildman–Crippen MR) is 116 cm³/mol. The van der Waals surface area contributed by atoms with E-state index >= 15 is 0 Å². The minimum atomic E-state index is -3.73. The number of aromatic nitrogens is 2. The third kappa shape index (κ3) is 4.06. The number of hydrogen-bond donors (Lipinski definition) is 0. The van der Waals surface area contributed by atoms with Crippen molar-refractivity contribution in [2.75, 3.05) is 43.1 Å². The van der Waals surface area contributed by atoms with E-state index in [1.165, 1.54) is 30.3 Å². The van der Waals surface area contributed by atoms with Crippen LogP contribution in [0.2, 0.25) is 5.02 Å². The van der Waals surface area contributed by atoms with Crippen molar-refractivity contribution in [3.8, 4) is 5.75 Å². The molecular formula is C21H21ClN4O3S. The molecule has 0 N–H and O–H groups in total. The van der Waals surface area contributed by atoms with Gasteiger partial charge in [0.2, 0.25) is 9.84 Å². The summed E-state index contributed by atoms with van der Waals surface area (Å²) in [7, 11) is -2.06. The maximum absolute atomic E-state index is 12.7. The van der Waals surface area contributed by atoms with E-state index in [1.54, 1.807) is 13.2 Å². The Morgan fingerprint density at radius 3 is 2.17 bits per heavy atom. The van der Waals surface area contributed by atoms with E-state index in [4.69, 9.17) is 16.3 Å². The first-order chi connectivity index (χ1) is 14.5. The summed E-state index contributed by atoms with van der Waals surface area (Å²) in [4.78, 5) is 4.50. The number of hydrogen-bond acceptors (Lipinski definition) is 7. The zero-order chi connectivity index (χ0) is 21.1. The Bertz CT molecular complexity index is 1110. The average molecular weight is 445 g/mol. The molecule has 0 bridgehead atoms. The van der Waals surface area contributed by atoms with Crippen molar-refractivity contribution in [3.63, 3.8) is 0 Å². The molecule has 2 aromatic carbocycles. The highest BCUT2D eigenvalue weighted by atomic mass is 35.5. The summed E-state index contributed by atoms with van der Waals surface area (Å²) in [6.07, 6.45) is 0. The molecule has 156 valence electrons. The van der Waals surface area contributed by atoms with E-state index in [2.05, 4.69) is 20.0 Å². The molecular weight excluding hydrogens is 424 g/mol. The Kier molecular flexibility index (Phi) is 5.78. The van der Waals surface area contributed by atoms with Crippen LogP contribution in [-0.2, 0) is 9.84 Å². The van der Waals surface area contributed by atoms with Crippen molar-refractivity contribution >= 4 is 32.9 Å². The molecule has 2 heterocycles. The number of nitrogens with zero attached hydrogens (tertiary/aromatic N) is 4. The molecule has 3 aromatic rings. The van der Waals surface area contributed by atoms with Gasteiger partial charge in [-0.15, -0.1) is 10.2 Å². The summed E-state index contributed by atoms with van der Waals surface area (Å²) in [6, 6.07) is 17.2. The zero-order valence-electron chi connectivity index (χ0n) is 16.4. The van der Waals surface area contributed by atoms with Crippen LogP contribution in [0.15, 0.2) is 70.6 Å². The van der Waals surface area contributed by atoms with Crippen molar-refractivity contribution < 1.29 is 13.2 Å². The van der Waals surface area contributed by atoms with Crippen LogP contribution in [0.1, 0.15) is 0 Å². The third-order valence-corrected chi connectivity index (χ3v) is 6.97. The molecule has 9 heteroatoms. The molecule has 7 nitrogen and oxygen atoms in total. The van der Waals surface area contributed by atoms with Gasteiger partial charge < -0.3 is 14.5 Å². The van der Waals surface area contributed by atoms with Crippen LogP contribution in [-0.4, -0.2) is 51.9 Å². The van der Waals surface area contributed by atoms with Gasteiger partial charge in [-0.1, -0.05) is 23.7 Å². The summed E-state index contributed by atoms with van der Waals surface area (Å²) >= 11 is 5.84. The number of piperazine rings is 1. The molecule has 0 aliphatic carbocycles. The SMILES string of the molecule is COc1ccccc1N1CCN(c2ccc(S(=O)(=O)c3ccc(Cl)cc3)nn2)CC1. The quantitative estimate of drug-likeness (QED) is 0.597. The number of anilines is 2. The number of para-hydroxylation sites is 2. The van der Waals surface area contributed by atoms with Crippen LogP contribution in [0, 0.1) is 0 Å². The molecule has 0 unspecified atom stereocenters. The van der Waals surface area contributed by atoms with Gasteiger partial charge in [-0.2, -0.15) is 0 Å². The van der Waals surface area contributed by atoms with Gasteiger partial charge in [0.25, 0.3) is 0 Å². The normalized spacial score (nSPS) is 14.6. The minimum absolute atomic E-state index is 0.0822. The van der Waals surface area contributed by atoms with Gasteiger partial charge in [-0.25, -0.2) is 8.42 Å². The second kappa shape index (κ2) is 8.49. The molecule has 30 heavy (non-hydrogen) atoms. The van der Waals surface area contributed by atoms with Crippen molar-refractivity contribution in [3.05, 3.63) is 65.7 Å². The van der Waals surface area contributed by atoms with Crippen molar-refractivity contribution in [1.82, 2.24) is 10.2 Å². The smallest absolute Gasteiger partial charge is 0.225 e. The number of benzene rings is 2. The van der Waals surface area contributed by atoms with E-state index in [1.807, 2.05) is 24.3 Å². The van der Waals surface area contributed by atoms with Crippen LogP contribution >= 0.6 is 11.6 Å². The van der Waals surface area contributed by atoms with Gasteiger partial charge in [-0.05, 0) is 48.5 Å². The number of rotatable bonds is 5. The molecule has 0 atom stereocenters. The fourth-order valence-electron chi connectivity index (χ4n) is 3.43. The summed E-state index contributed by atoms with van der Waals surface area (Å²) < 4.78 is 30.9. The van der Waals surface area contributed by atoms with Crippen molar-refractivity contribution in [1.29, 1.82) is 0 Å². The van der Waals surface area contributed by atoms with E-state index in [0.29, 0.717) is 10.8 Å². The number of halogens is 1. The molecule has 1 aliphatic rings. The lowest BCUT2D eigenvalue weighted by molar-refractivity contribution is 0.413. The van der Waals surface area contributed by atoms with E-state index in [-0.39, 0.29) is 9.92 Å². The molecule has 1 aliphatic heterocycles. The predicted octanol–water partition coefficient (Wildman–Crippen LogP) is 3.30. The summed E-state index contributed by atoms with van der Waals surface area (Å²) in [6.45, 7) is 3.09. The number of ether oxygens (including phenoxy) is 1. The average Bonchev–Trinajstić information content (AvgIpc) is 2.79. The van der Waals surface area contributed by atoms with Crippen molar-refractivity contribution in [2.24, 2.45) is 0 Å². The second-order valence-electron chi connectivity index (χ2n) is 6.83. The second-order valence-corrected chi connectivity index (χ2v) is 9.17. The first kappa shape index (κ1) is 20.4. The maximum Gasteiger partial charge on any atom is 0.225 e. The zero-order valence-corrected chi connectivity index (χ0v) is 18.0. The molecule has 4 rings (SSSR count). The van der Waals surface area contributed by atoms with Crippen LogP contribution in [0.5, 0.6) is 5.75 Å². The van der Waals surface area contributed by atoms with Gasteiger partial charge in [-0.3, -0.25) is 0 Å². The number of methoxy groups -OCH3 is 1. The van der Waals surface area contributed by atoms with Gasteiger partial charge in [0.15, 0.2) is 10.8 Å². The highest BCUT2D eigenvalue weighted by Crippen LogP contribution is 2.29. The van der Waals surface area contributed by atoms with Crippen LogP contribution < -0.4 is 14.5 Å². The summed E-state index contributed by atoms with van der Waals surface area (Å²) in [5, 5.41) is 8.55. The molecule has 0 radical (unpaired) electrons. The first-order valence-corrected chi connectivity index (χ1v) is 11.3. The molecule has 0 spiro atoms. The maximum atomic E-state index is 12.7. The van der Waals surface area contributed by atoms with Gasteiger partial charge in [0.1, 0.15) is 5.75 Å². The largest absolute Gasteiger partial charge is 0.495 e.